The molecule has 34 heavy (non-hydrogen) atoms. The molecular weight excluding hydrogens is 460 g/mol. The lowest BCUT2D eigenvalue weighted by Gasteiger charge is -2.18. The molecule has 3 aromatic rings. The van der Waals surface area contributed by atoms with Gasteiger partial charge in [-0.1, -0.05) is 52.1 Å². The van der Waals surface area contributed by atoms with Crippen LogP contribution in [-0.4, -0.2) is 23.2 Å². The molecule has 2 atom stereocenters. The highest BCUT2D eigenvalue weighted by Gasteiger charge is 2.33. The molecule has 2 aromatic carbocycles. The van der Waals surface area contributed by atoms with E-state index in [0.717, 1.165) is 31.7 Å². The topological polar surface area (TPSA) is 56.3 Å². The van der Waals surface area contributed by atoms with Gasteiger partial charge < -0.3 is 14.8 Å². The summed E-state index contributed by atoms with van der Waals surface area (Å²) >= 11 is 5.72. The minimum Gasteiger partial charge on any atom is -0.493 e. The maximum Gasteiger partial charge on any atom is 0.168 e. The molecule has 1 heterocycles. The maximum atomic E-state index is 14.4. The predicted molar refractivity (Wildman–Crippen MR) is 133 cm³/mol. The van der Waals surface area contributed by atoms with Gasteiger partial charge in [0.25, 0.3) is 0 Å². The molecule has 1 N–H and O–H groups in total. The zero-order chi connectivity index (χ0) is 24.8. The first-order chi connectivity index (χ1) is 16.4. The van der Waals surface area contributed by atoms with Crippen molar-refractivity contribution in [2.75, 3.05) is 12.4 Å². The highest BCUT2D eigenvalue weighted by molar-refractivity contribution is 6.31. The number of halogens is 3. The summed E-state index contributed by atoms with van der Waals surface area (Å²) in [5.74, 6) is 1.12. The van der Waals surface area contributed by atoms with Crippen LogP contribution in [0.1, 0.15) is 53.4 Å². The first-order valence-electron chi connectivity index (χ1n) is 11.8. The van der Waals surface area contributed by atoms with Gasteiger partial charge in [0.05, 0.1) is 24.4 Å². The van der Waals surface area contributed by atoms with Gasteiger partial charge in [-0.05, 0) is 42.9 Å². The molecule has 5 nitrogen and oxygen atoms in total. The minimum atomic E-state index is -0.884. The van der Waals surface area contributed by atoms with E-state index in [1.807, 2.05) is 13.8 Å². The van der Waals surface area contributed by atoms with E-state index in [-0.39, 0.29) is 11.8 Å². The van der Waals surface area contributed by atoms with Crippen molar-refractivity contribution in [3.05, 3.63) is 47.2 Å². The molecule has 0 radical (unpaired) electrons. The van der Waals surface area contributed by atoms with Crippen molar-refractivity contribution in [2.24, 2.45) is 11.8 Å². The van der Waals surface area contributed by atoms with Crippen molar-refractivity contribution in [2.45, 2.75) is 59.5 Å². The fraction of sp³-hybridized carbons (Fsp3) is 0.462. The van der Waals surface area contributed by atoms with Crippen molar-refractivity contribution in [1.82, 2.24) is 9.97 Å². The molecule has 0 saturated heterocycles. The largest absolute Gasteiger partial charge is 0.493 e. The summed E-state index contributed by atoms with van der Waals surface area (Å²) in [4.78, 5) is 8.56. The molecule has 1 aliphatic carbocycles. The van der Waals surface area contributed by atoms with Gasteiger partial charge in [0.2, 0.25) is 0 Å². The quantitative estimate of drug-likeness (QED) is 0.340. The molecule has 0 bridgehead atoms. The average Bonchev–Trinajstić information content (AvgIpc) is 3.27. The van der Waals surface area contributed by atoms with E-state index in [0.29, 0.717) is 40.1 Å². The van der Waals surface area contributed by atoms with Crippen molar-refractivity contribution in [3.8, 4) is 11.5 Å². The molecule has 0 spiro atoms. The number of hydrogen-bond acceptors (Lipinski definition) is 5. The van der Waals surface area contributed by atoms with Gasteiger partial charge in [-0.15, -0.1) is 0 Å². The van der Waals surface area contributed by atoms with Crippen LogP contribution in [0.25, 0.3) is 10.9 Å². The van der Waals surface area contributed by atoms with Crippen molar-refractivity contribution < 1.29 is 18.3 Å². The van der Waals surface area contributed by atoms with E-state index in [1.165, 1.54) is 12.4 Å². The number of nitrogens with one attached hydrogen (secondary N) is 1. The van der Waals surface area contributed by atoms with Crippen LogP contribution in [-0.2, 0) is 0 Å². The van der Waals surface area contributed by atoms with Crippen LogP contribution in [0.2, 0.25) is 5.02 Å². The number of anilines is 2. The van der Waals surface area contributed by atoms with Gasteiger partial charge in [-0.25, -0.2) is 18.7 Å². The Morgan fingerprint density at radius 2 is 1.71 bits per heavy atom. The summed E-state index contributed by atoms with van der Waals surface area (Å²) < 4.78 is 39.9. The third-order valence-electron chi connectivity index (χ3n) is 6.35. The molecule has 8 heteroatoms. The predicted octanol–water partition coefficient (Wildman–Crippen LogP) is 7.93. The number of aromatic nitrogens is 2. The number of benzene rings is 2. The van der Waals surface area contributed by atoms with Gasteiger partial charge >= 0.3 is 0 Å². The first-order valence-corrected chi connectivity index (χ1v) is 12.2. The first kappa shape index (κ1) is 25.9. The summed E-state index contributed by atoms with van der Waals surface area (Å²) in [5.41, 5.74) is 0.617. The molecule has 1 aliphatic rings. The highest BCUT2D eigenvalue weighted by atomic mass is 35.5. The summed E-state index contributed by atoms with van der Waals surface area (Å²) in [7, 11) is 1.59. The fourth-order valence-corrected chi connectivity index (χ4v) is 4.76. The Hall–Kier alpha value is -2.67. The summed E-state index contributed by atoms with van der Waals surface area (Å²) in [6.07, 6.45) is 5.76. The molecule has 1 fully saturated rings. The van der Waals surface area contributed by atoms with Crippen LogP contribution in [0.15, 0.2) is 30.6 Å². The average molecular weight is 492 g/mol. The van der Waals surface area contributed by atoms with Gasteiger partial charge in [0.15, 0.2) is 17.3 Å². The molecule has 0 aliphatic heterocycles. The Kier molecular flexibility index (Phi) is 8.89. The molecule has 4 rings (SSSR count). The third-order valence-corrected chi connectivity index (χ3v) is 6.70. The molecule has 184 valence electrons. The zero-order valence-corrected chi connectivity index (χ0v) is 21.0. The summed E-state index contributed by atoms with van der Waals surface area (Å²) in [6.45, 7) is 8.45. The second-order valence-corrected chi connectivity index (χ2v) is 8.52. The standard InChI is InChI=1S/C24H26ClF2N3O2.C2H6/c1-4-13-8-15(9-14(13)5-2)32-21-10-16-19(11-20(21)31-3)28-12-29-24(16)30-18-7-6-17(26)22(25)23(18)27;1-2/h6-7,10-15H,4-5,8-9H2,1-3H3,(H,28,29,30);1-2H3. The molecule has 1 aromatic heterocycles. The highest BCUT2D eigenvalue weighted by Crippen LogP contribution is 2.41. The SMILES string of the molecule is CC.CCC1CC(Oc2cc3c(Nc4ccc(F)c(Cl)c4F)ncnc3cc2OC)CC1CC. The third kappa shape index (κ3) is 5.35. The number of rotatable bonds is 7. The van der Waals surface area contributed by atoms with Crippen LogP contribution in [0, 0.1) is 23.5 Å². The number of hydrogen-bond donors (Lipinski definition) is 1. The van der Waals surface area contributed by atoms with E-state index < -0.39 is 16.7 Å². The number of fused-ring (bicyclic) bond motifs is 1. The molecule has 1 saturated carbocycles. The Morgan fingerprint density at radius 3 is 2.32 bits per heavy atom. The van der Waals surface area contributed by atoms with Crippen LogP contribution < -0.4 is 14.8 Å². The van der Waals surface area contributed by atoms with Crippen LogP contribution in [0.5, 0.6) is 11.5 Å². The normalized spacial score (nSPS) is 19.5. The van der Waals surface area contributed by atoms with Crippen LogP contribution >= 0.6 is 11.6 Å². The van der Waals surface area contributed by atoms with Crippen LogP contribution in [0.3, 0.4) is 0 Å². The monoisotopic (exact) mass is 491 g/mol. The summed E-state index contributed by atoms with van der Waals surface area (Å²) in [5, 5.41) is 2.95. The second kappa shape index (κ2) is 11.6. The lowest BCUT2D eigenvalue weighted by molar-refractivity contribution is 0.193. The maximum absolute atomic E-state index is 14.4. The van der Waals surface area contributed by atoms with Crippen LogP contribution in [0.4, 0.5) is 20.3 Å². The van der Waals surface area contributed by atoms with Gasteiger partial charge in [-0.3, -0.25) is 0 Å². The fourth-order valence-electron chi connectivity index (χ4n) is 4.60. The van der Waals surface area contributed by atoms with E-state index in [2.05, 4.69) is 29.1 Å². The number of nitrogens with zero attached hydrogens (tertiary/aromatic N) is 2. The Bertz CT molecular complexity index is 1120. The van der Waals surface area contributed by atoms with Crippen molar-refractivity contribution >= 4 is 34.0 Å². The Morgan fingerprint density at radius 1 is 1.03 bits per heavy atom. The van der Waals surface area contributed by atoms with Gasteiger partial charge in [-0.2, -0.15) is 0 Å². The molecular formula is C26H32ClF2N3O2. The van der Waals surface area contributed by atoms with E-state index in [4.69, 9.17) is 21.1 Å². The van der Waals surface area contributed by atoms with E-state index >= 15 is 0 Å². The summed E-state index contributed by atoms with van der Waals surface area (Å²) in [6, 6.07) is 5.96. The molecule has 2 unspecified atom stereocenters. The minimum absolute atomic E-state index is 0.0158. The second-order valence-electron chi connectivity index (χ2n) is 8.14. The number of ether oxygens (including phenoxy) is 2. The number of methoxy groups -OCH3 is 1. The Labute approximate surface area is 204 Å². The Balaban J connectivity index is 0.00000158. The molecule has 0 amide bonds. The van der Waals surface area contributed by atoms with E-state index in [1.54, 1.807) is 19.2 Å². The lowest BCUT2D eigenvalue weighted by atomic mass is 9.92. The van der Waals surface area contributed by atoms with Gasteiger partial charge in [0, 0.05) is 11.5 Å². The smallest absolute Gasteiger partial charge is 0.168 e. The van der Waals surface area contributed by atoms with Crippen molar-refractivity contribution in [1.29, 1.82) is 0 Å². The van der Waals surface area contributed by atoms with Crippen molar-refractivity contribution in [3.63, 3.8) is 0 Å². The zero-order valence-electron chi connectivity index (χ0n) is 20.3. The van der Waals surface area contributed by atoms with Gasteiger partial charge in [0.1, 0.15) is 23.0 Å². The van der Waals surface area contributed by atoms with E-state index in [9.17, 15) is 8.78 Å². The lowest BCUT2D eigenvalue weighted by Crippen LogP contribution is -2.13.